The highest BCUT2D eigenvalue weighted by Crippen LogP contribution is 2.27. The predicted molar refractivity (Wildman–Crippen MR) is 55.1 cm³/mol. The number of aliphatic hydroxyl groups is 1. The molecule has 0 amide bonds. The first kappa shape index (κ1) is 11.6. The molecule has 92 valence electrons. The van der Waals surface area contributed by atoms with Crippen LogP contribution in [0, 0.1) is 0 Å². The van der Waals surface area contributed by atoms with Gasteiger partial charge in [-0.05, 0) is 6.07 Å². The summed E-state index contributed by atoms with van der Waals surface area (Å²) in [5.41, 5.74) is 4.68. The number of nitrogen functional groups attached to an aromatic ring is 1. The molecular weight excluding hydrogens is 233 g/mol. The SMILES string of the molecule is Nc1cc[15n]([C@H]2C[C@H](O)[C@@H](C(=O)O)O2)[13c](=O)[15n]1. The summed E-state index contributed by atoms with van der Waals surface area (Å²) >= 11 is 0. The molecule has 0 spiro atoms. The summed E-state index contributed by atoms with van der Waals surface area (Å²) in [4.78, 5) is 25.7. The Morgan fingerprint density at radius 1 is 1.65 bits per heavy atom. The molecule has 0 bridgehead atoms. The molecule has 0 aromatic carbocycles. The van der Waals surface area contributed by atoms with Crippen molar-refractivity contribution in [3.05, 3.63) is 22.7 Å². The van der Waals surface area contributed by atoms with Crippen LogP contribution in [-0.4, -0.2) is 37.9 Å². The number of nitrogens with two attached hydrogens (primary N) is 1. The predicted octanol–water partition coefficient (Wildman–Crippen LogP) is -1.44. The lowest BCUT2D eigenvalue weighted by Gasteiger charge is -2.13. The summed E-state index contributed by atoms with van der Waals surface area (Å²) in [5, 5.41) is 18.2. The Balaban J connectivity index is 2.26. The standard InChI is InChI=1S/C9H11N3O5/c10-5-1-2-12(9(16)11-5)6-3-4(13)7(17-6)8(14)15/h1-2,4,6-7,13H,3H2,(H,14,15)(H2,10,11,16)/t4-,6+,7-/m0/s1/i9+1,11+1,12+1. The van der Waals surface area contributed by atoms with E-state index in [0.29, 0.717) is 0 Å². The molecule has 17 heavy (non-hydrogen) atoms. The van der Waals surface area contributed by atoms with Crippen molar-refractivity contribution in [3.8, 4) is 0 Å². The number of carbonyl (C=O) groups is 1. The number of rotatable bonds is 2. The first-order valence-electron chi connectivity index (χ1n) is 4.90. The van der Waals surface area contributed by atoms with Crippen molar-refractivity contribution in [3.63, 3.8) is 0 Å². The first-order valence-corrected chi connectivity index (χ1v) is 4.90. The molecule has 0 radical (unpaired) electrons. The second-order valence-electron chi connectivity index (χ2n) is 3.69. The second kappa shape index (κ2) is 4.15. The summed E-state index contributed by atoms with van der Waals surface area (Å²) < 4.78 is 6.17. The molecule has 1 fully saturated rings. The van der Waals surface area contributed by atoms with Crippen molar-refractivity contribution in [2.75, 3.05) is 5.73 Å². The number of aromatic nitrogens is 2. The van der Waals surface area contributed by atoms with Gasteiger partial charge in [-0.15, -0.1) is 0 Å². The molecule has 0 saturated carbocycles. The van der Waals surface area contributed by atoms with E-state index in [1.54, 1.807) is 0 Å². The number of aliphatic hydroxyl groups excluding tert-OH is 1. The van der Waals surface area contributed by atoms with Crippen LogP contribution >= 0.6 is 0 Å². The van der Waals surface area contributed by atoms with Crippen molar-refractivity contribution < 1.29 is 19.7 Å². The molecule has 2 heterocycles. The van der Waals surface area contributed by atoms with Crippen LogP contribution in [0.2, 0.25) is 0 Å². The van der Waals surface area contributed by atoms with Gasteiger partial charge < -0.3 is 20.7 Å². The third-order valence-electron chi connectivity index (χ3n) is 2.50. The maximum absolute atomic E-state index is 11.5. The van der Waals surface area contributed by atoms with Crippen LogP contribution in [0.4, 0.5) is 5.82 Å². The van der Waals surface area contributed by atoms with Crippen molar-refractivity contribution in [2.45, 2.75) is 24.9 Å². The lowest BCUT2D eigenvalue weighted by Crippen LogP contribution is -2.30. The molecule has 0 unspecified atom stereocenters. The highest BCUT2D eigenvalue weighted by molar-refractivity contribution is 5.73. The van der Waals surface area contributed by atoms with Gasteiger partial charge >= 0.3 is 11.7 Å². The highest BCUT2D eigenvalue weighted by atomic mass is 16.6. The summed E-state index contributed by atoms with van der Waals surface area (Å²) in [6, 6.07) is 1.39. The Hall–Kier alpha value is -1.93. The van der Waals surface area contributed by atoms with Gasteiger partial charge in [0.15, 0.2) is 6.10 Å². The number of carboxylic acids is 1. The Morgan fingerprint density at radius 2 is 2.35 bits per heavy atom. The normalized spacial score (nSPS) is 28.2. The number of carboxylic acid groups (broad SMARTS) is 1. The van der Waals surface area contributed by atoms with E-state index in [4.69, 9.17) is 15.6 Å². The summed E-state index contributed by atoms with van der Waals surface area (Å²) in [6.07, 6.45) is -1.95. The number of nitrogens with zero attached hydrogens (tertiary/aromatic N) is 2. The van der Waals surface area contributed by atoms with Crippen LogP contribution in [0.15, 0.2) is 17.1 Å². The van der Waals surface area contributed by atoms with Gasteiger partial charge in [0.25, 0.3) is 0 Å². The van der Waals surface area contributed by atoms with E-state index < -0.39 is 30.1 Å². The molecule has 1 aliphatic heterocycles. The molecule has 3 atom stereocenters. The number of aliphatic carboxylic acids is 1. The van der Waals surface area contributed by atoms with Gasteiger partial charge in [0.2, 0.25) is 0 Å². The fraction of sp³-hybridized carbons (Fsp3) is 0.444. The molecular formula is C9H11N3O5. The molecule has 1 aliphatic rings. The van der Waals surface area contributed by atoms with Crippen LogP contribution in [0.5, 0.6) is 0 Å². The van der Waals surface area contributed by atoms with Gasteiger partial charge in [0, 0.05) is 12.6 Å². The minimum absolute atomic E-state index is 0.0163. The minimum atomic E-state index is -1.33. The summed E-state index contributed by atoms with van der Waals surface area (Å²) in [7, 11) is 0. The number of anilines is 1. The minimum Gasteiger partial charge on any atom is -0.479 e. The van der Waals surface area contributed by atoms with Crippen LogP contribution in [0.25, 0.3) is 0 Å². The molecule has 8 heteroatoms. The first-order chi connectivity index (χ1) is 7.99. The van der Waals surface area contributed by atoms with Gasteiger partial charge in [-0.2, -0.15) is 4.98 Å². The zero-order chi connectivity index (χ0) is 12.6. The van der Waals surface area contributed by atoms with Crippen LogP contribution < -0.4 is 11.4 Å². The van der Waals surface area contributed by atoms with Gasteiger partial charge in [0.05, 0.1) is 6.10 Å². The van der Waals surface area contributed by atoms with E-state index in [-0.39, 0.29) is 12.2 Å². The Bertz CT molecular complexity index is 500. The topological polar surface area (TPSA) is 128 Å². The van der Waals surface area contributed by atoms with E-state index >= 15 is 0 Å². The maximum atomic E-state index is 11.5. The van der Waals surface area contributed by atoms with E-state index in [2.05, 4.69) is 4.98 Å². The van der Waals surface area contributed by atoms with Crippen molar-refractivity contribution in [1.82, 2.24) is 9.55 Å². The molecule has 1 aromatic heterocycles. The molecule has 2 rings (SSSR count). The van der Waals surface area contributed by atoms with E-state index in [1.165, 1.54) is 12.3 Å². The number of ether oxygens (including phenoxy) is 1. The fourth-order valence-electron chi connectivity index (χ4n) is 1.69. The summed E-state index contributed by atoms with van der Waals surface area (Å²) in [6.45, 7) is 0. The van der Waals surface area contributed by atoms with Gasteiger partial charge in [-0.25, -0.2) is 9.59 Å². The number of hydrogen-bond acceptors (Lipinski definition) is 6. The zero-order valence-electron chi connectivity index (χ0n) is 8.68. The van der Waals surface area contributed by atoms with Gasteiger partial charge in [0.1, 0.15) is 12.0 Å². The monoisotopic (exact) mass is 244 g/mol. The third kappa shape index (κ3) is 2.12. The van der Waals surface area contributed by atoms with Crippen LogP contribution in [0.1, 0.15) is 12.6 Å². The fourth-order valence-corrected chi connectivity index (χ4v) is 1.69. The highest BCUT2D eigenvalue weighted by Gasteiger charge is 2.40. The quantitative estimate of drug-likeness (QED) is 0.581. The Morgan fingerprint density at radius 3 is 2.88 bits per heavy atom. The molecule has 1 aromatic rings. The van der Waals surface area contributed by atoms with Crippen molar-refractivity contribution in [1.29, 1.82) is 0 Å². The molecule has 1 saturated heterocycles. The van der Waals surface area contributed by atoms with Crippen molar-refractivity contribution in [2.24, 2.45) is 0 Å². The molecule has 4 N–H and O–H groups in total. The lowest BCUT2D eigenvalue weighted by atomic mass is 10.2. The average Bonchev–Trinajstić information content (AvgIpc) is 2.60. The Labute approximate surface area is 95.3 Å². The maximum Gasteiger partial charge on any atom is 0.351 e. The van der Waals surface area contributed by atoms with Crippen LogP contribution in [-0.2, 0) is 9.53 Å². The van der Waals surface area contributed by atoms with Gasteiger partial charge in [-0.3, -0.25) is 4.57 Å². The Kier molecular flexibility index (Phi) is 2.82. The smallest absolute Gasteiger partial charge is 0.351 e. The lowest BCUT2D eigenvalue weighted by molar-refractivity contribution is -0.155. The van der Waals surface area contributed by atoms with E-state index in [9.17, 15) is 14.7 Å². The molecule has 0 aliphatic carbocycles. The largest absolute Gasteiger partial charge is 0.479 e. The zero-order valence-corrected chi connectivity index (χ0v) is 8.68. The van der Waals surface area contributed by atoms with Crippen molar-refractivity contribution >= 4 is 11.8 Å². The van der Waals surface area contributed by atoms with Gasteiger partial charge in [-0.1, -0.05) is 0 Å². The van der Waals surface area contributed by atoms with E-state index in [1.807, 2.05) is 0 Å². The van der Waals surface area contributed by atoms with E-state index in [0.717, 1.165) is 4.57 Å². The number of hydrogen-bond donors (Lipinski definition) is 3. The summed E-state index contributed by atoms with van der Waals surface area (Å²) in [5.74, 6) is -1.20. The van der Waals surface area contributed by atoms with Crippen LogP contribution in [0.3, 0.4) is 0 Å². The molecule has 8 nitrogen and oxygen atoms in total. The average molecular weight is 244 g/mol. The third-order valence-corrected chi connectivity index (χ3v) is 2.50. The second-order valence-corrected chi connectivity index (χ2v) is 3.69.